The Labute approximate surface area is 96.5 Å². The van der Waals surface area contributed by atoms with Gasteiger partial charge in [0.05, 0.1) is 12.1 Å². The molecule has 1 unspecified atom stereocenters. The maximum Gasteiger partial charge on any atom is 0.126 e. The van der Waals surface area contributed by atoms with Gasteiger partial charge in [-0.15, -0.1) is 0 Å². The molecule has 1 aromatic carbocycles. The zero-order valence-electron chi connectivity index (χ0n) is 10.3. The van der Waals surface area contributed by atoms with E-state index in [1.807, 2.05) is 26.8 Å². The molecule has 3 heteroatoms. The van der Waals surface area contributed by atoms with Gasteiger partial charge in [0.15, 0.2) is 0 Å². The minimum Gasteiger partial charge on any atom is -0.394 e. The number of aliphatic hydroxyl groups is 1. The Morgan fingerprint density at radius 3 is 2.50 bits per heavy atom. The predicted molar refractivity (Wildman–Crippen MR) is 63.8 cm³/mol. The van der Waals surface area contributed by atoms with Crippen molar-refractivity contribution in [3.63, 3.8) is 0 Å². The average molecular weight is 225 g/mol. The fourth-order valence-electron chi connectivity index (χ4n) is 1.79. The maximum atomic E-state index is 13.5. The summed E-state index contributed by atoms with van der Waals surface area (Å²) in [6.45, 7) is 7.53. The molecule has 0 bridgehead atoms. The third kappa shape index (κ3) is 2.80. The lowest BCUT2D eigenvalue weighted by atomic mass is 9.91. The van der Waals surface area contributed by atoms with E-state index < -0.39 is 5.54 Å². The van der Waals surface area contributed by atoms with Crippen LogP contribution < -0.4 is 5.32 Å². The van der Waals surface area contributed by atoms with Crippen LogP contribution in [-0.4, -0.2) is 17.8 Å². The first kappa shape index (κ1) is 13.1. The summed E-state index contributed by atoms with van der Waals surface area (Å²) in [5, 5.41) is 12.7. The summed E-state index contributed by atoms with van der Waals surface area (Å²) in [6.07, 6.45) is 0. The molecule has 16 heavy (non-hydrogen) atoms. The normalized spacial score (nSPS) is 15.2. The quantitative estimate of drug-likeness (QED) is 0.824. The topological polar surface area (TPSA) is 32.3 Å². The summed E-state index contributed by atoms with van der Waals surface area (Å²) in [4.78, 5) is 0. The number of nitrogens with one attached hydrogen (secondary N) is 1. The van der Waals surface area contributed by atoms with E-state index in [2.05, 4.69) is 5.32 Å². The Morgan fingerprint density at radius 1 is 1.44 bits per heavy atom. The summed E-state index contributed by atoms with van der Waals surface area (Å²) in [5.41, 5.74) is 0.795. The third-order valence-electron chi connectivity index (χ3n) is 2.73. The van der Waals surface area contributed by atoms with Crippen molar-refractivity contribution in [2.75, 3.05) is 6.61 Å². The number of benzene rings is 1. The Morgan fingerprint density at radius 2 is 2.06 bits per heavy atom. The van der Waals surface area contributed by atoms with Gasteiger partial charge in [-0.2, -0.15) is 0 Å². The molecule has 0 spiro atoms. The summed E-state index contributed by atoms with van der Waals surface area (Å²) in [7, 11) is 0. The highest BCUT2D eigenvalue weighted by Crippen LogP contribution is 2.23. The number of aliphatic hydroxyl groups excluding tert-OH is 1. The second-order valence-corrected chi connectivity index (χ2v) is 4.75. The molecule has 0 aliphatic rings. The molecule has 0 aliphatic carbocycles. The minimum atomic E-state index is -0.595. The molecule has 1 atom stereocenters. The van der Waals surface area contributed by atoms with Crippen molar-refractivity contribution >= 4 is 0 Å². The van der Waals surface area contributed by atoms with E-state index in [-0.39, 0.29) is 18.5 Å². The van der Waals surface area contributed by atoms with E-state index in [4.69, 9.17) is 0 Å². The van der Waals surface area contributed by atoms with E-state index in [0.29, 0.717) is 5.56 Å². The number of halogens is 1. The van der Waals surface area contributed by atoms with Gasteiger partial charge < -0.3 is 10.4 Å². The highest BCUT2D eigenvalue weighted by atomic mass is 19.1. The molecular formula is C13H20FNO. The Balaban J connectivity index is 3.07. The first-order valence-electron chi connectivity index (χ1n) is 5.54. The molecule has 0 radical (unpaired) electrons. The van der Waals surface area contributed by atoms with E-state index in [9.17, 15) is 9.50 Å². The van der Waals surface area contributed by atoms with Crippen molar-refractivity contribution in [3.8, 4) is 0 Å². The minimum absolute atomic E-state index is 0.0618. The van der Waals surface area contributed by atoms with Crippen LogP contribution in [0.3, 0.4) is 0 Å². The fraction of sp³-hybridized carbons (Fsp3) is 0.538. The van der Waals surface area contributed by atoms with Crippen LogP contribution >= 0.6 is 0 Å². The van der Waals surface area contributed by atoms with Crippen molar-refractivity contribution in [2.45, 2.75) is 39.3 Å². The SMILES string of the molecule is Cc1ccc(C(C)(CO)NC(C)C)cc1F. The van der Waals surface area contributed by atoms with Gasteiger partial charge in [0.1, 0.15) is 5.82 Å². The molecule has 0 saturated carbocycles. The molecule has 0 amide bonds. The summed E-state index contributed by atoms with van der Waals surface area (Å²) in [5.74, 6) is -0.234. The second-order valence-electron chi connectivity index (χ2n) is 4.75. The molecule has 0 heterocycles. The summed E-state index contributed by atoms with van der Waals surface area (Å²) >= 11 is 0. The Hall–Kier alpha value is -0.930. The van der Waals surface area contributed by atoms with Gasteiger partial charge in [0.2, 0.25) is 0 Å². The molecule has 2 N–H and O–H groups in total. The number of hydrogen-bond donors (Lipinski definition) is 2. The maximum absolute atomic E-state index is 13.5. The van der Waals surface area contributed by atoms with Gasteiger partial charge in [-0.25, -0.2) is 4.39 Å². The monoisotopic (exact) mass is 225 g/mol. The molecule has 2 nitrogen and oxygen atoms in total. The Kier molecular flexibility index (Phi) is 4.05. The lowest BCUT2D eigenvalue weighted by Gasteiger charge is -2.31. The van der Waals surface area contributed by atoms with Crippen LogP contribution in [0.2, 0.25) is 0 Å². The van der Waals surface area contributed by atoms with Gasteiger partial charge in [-0.1, -0.05) is 12.1 Å². The molecule has 1 rings (SSSR count). The van der Waals surface area contributed by atoms with Crippen LogP contribution in [0.25, 0.3) is 0 Å². The van der Waals surface area contributed by atoms with Crippen LogP contribution in [0.4, 0.5) is 4.39 Å². The molecule has 0 saturated heterocycles. The van der Waals surface area contributed by atoms with Crippen LogP contribution in [0.1, 0.15) is 31.9 Å². The van der Waals surface area contributed by atoms with E-state index in [1.54, 1.807) is 13.0 Å². The molecule has 0 aromatic heterocycles. The molecular weight excluding hydrogens is 205 g/mol. The molecule has 90 valence electrons. The van der Waals surface area contributed by atoms with Crippen LogP contribution in [0.15, 0.2) is 18.2 Å². The average Bonchev–Trinajstić information content (AvgIpc) is 2.21. The standard InChI is InChI=1S/C13H20FNO/c1-9(2)15-13(4,8-16)11-6-5-10(3)12(14)7-11/h5-7,9,15-16H,8H2,1-4H3. The van der Waals surface area contributed by atoms with Crippen LogP contribution in [0.5, 0.6) is 0 Å². The first-order chi connectivity index (χ1) is 7.39. The highest BCUT2D eigenvalue weighted by molar-refractivity contribution is 5.29. The molecule has 1 aromatic rings. The number of hydrogen-bond acceptors (Lipinski definition) is 2. The predicted octanol–water partition coefficient (Wildman–Crippen LogP) is 2.34. The van der Waals surface area contributed by atoms with E-state index in [1.165, 1.54) is 6.07 Å². The largest absolute Gasteiger partial charge is 0.394 e. The fourth-order valence-corrected chi connectivity index (χ4v) is 1.79. The van der Waals surface area contributed by atoms with Crippen LogP contribution in [0, 0.1) is 12.7 Å². The van der Waals surface area contributed by atoms with Gasteiger partial charge in [-0.3, -0.25) is 0 Å². The van der Waals surface area contributed by atoms with Gasteiger partial charge in [-0.05, 0) is 44.9 Å². The second kappa shape index (κ2) is 4.93. The van der Waals surface area contributed by atoms with Gasteiger partial charge in [0, 0.05) is 6.04 Å². The molecule has 0 fully saturated rings. The Bertz CT molecular complexity index is 365. The number of rotatable bonds is 4. The summed E-state index contributed by atoms with van der Waals surface area (Å²) < 4.78 is 13.5. The van der Waals surface area contributed by atoms with Crippen molar-refractivity contribution in [1.29, 1.82) is 0 Å². The molecule has 0 aliphatic heterocycles. The highest BCUT2D eigenvalue weighted by Gasteiger charge is 2.26. The lowest BCUT2D eigenvalue weighted by Crippen LogP contribution is -2.46. The van der Waals surface area contributed by atoms with Crippen molar-refractivity contribution in [1.82, 2.24) is 5.32 Å². The van der Waals surface area contributed by atoms with Crippen molar-refractivity contribution in [2.24, 2.45) is 0 Å². The third-order valence-corrected chi connectivity index (χ3v) is 2.73. The van der Waals surface area contributed by atoms with E-state index in [0.717, 1.165) is 5.56 Å². The van der Waals surface area contributed by atoms with Crippen LogP contribution in [-0.2, 0) is 5.54 Å². The summed E-state index contributed by atoms with van der Waals surface area (Å²) in [6, 6.07) is 5.30. The van der Waals surface area contributed by atoms with Crippen molar-refractivity contribution in [3.05, 3.63) is 35.1 Å². The lowest BCUT2D eigenvalue weighted by molar-refractivity contribution is 0.165. The van der Waals surface area contributed by atoms with Crippen molar-refractivity contribution < 1.29 is 9.50 Å². The zero-order chi connectivity index (χ0) is 12.3. The number of aryl methyl sites for hydroxylation is 1. The van der Waals surface area contributed by atoms with E-state index >= 15 is 0 Å². The zero-order valence-corrected chi connectivity index (χ0v) is 10.3. The van der Waals surface area contributed by atoms with Gasteiger partial charge in [0.25, 0.3) is 0 Å². The first-order valence-corrected chi connectivity index (χ1v) is 5.54. The smallest absolute Gasteiger partial charge is 0.126 e. The van der Waals surface area contributed by atoms with Gasteiger partial charge >= 0.3 is 0 Å².